The molecule has 1 fully saturated rings. The Morgan fingerprint density at radius 1 is 1.22 bits per heavy atom. The zero-order valence-electron chi connectivity index (χ0n) is 18.5. The summed E-state index contributed by atoms with van der Waals surface area (Å²) in [5.41, 5.74) is 3.44. The van der Waals surface area contributed by atoms with Crippen LogP contribution in [-0.4, -0.2) is 46.3 Å². The van der Waals surface area contributed by atoms with Crippen molar-refractivity contribution in [1.82, 2.24) is 20.4 Å². The van der Waals surface area contributed by atoms with Gasteiger partial charge < -0.3 is 9.84 Å². The highest BCUT2D eigenvalue weighted by Gasteiger charge is 2.26. The predicted octanol–water partition coefficient (Wildman–Crippen LogP) is 4.31. The number of aryl methyl sites for hydroxylation is 1. The van der Waals surface area contributed by atoms with E-state index in [1.807, 2.05) is 49.0 Å². The maximum absolute atomic E-state index is 12.7. The maximum Gasteiger partial charge on any atom is 0.241 e. The van der Waals surface area contributed by atoms with Crippen molar-refractivity contribution in [3.05, 3.63) is 71.6 Å². The molecule has 0 spiro atoms. The van der Waals surface area contributed by atoms with E-state index in [0.29, 0.717) is 24.8 Å². The second-order valence-electron chi connectivity index (χ2n) is 8.28. The molecule has 1 unspecified atom stereocenters. The van der Waals surface area contributed by atoms with E-state index in [0.717, 1.165) is 48.6 Å². The first-order valence-corrected chi connectivity index (χ1v) is 12.3. The maximum atomic E-state index is 12.7. The average Bonchev–Trinajstić information content (AvgIpc) is 3.28. The highest BCUT2D eigenvalue weighted by Crippen LogP contribution is 2.21. The van der Waals surface area contributed by atoms with Crippen LogP contribution in [0.1, 0.15) is 29.9 Å². The van der Waals surface area contributed by atoms with Crippen LogP contribution in [-0.2, 0) is 17.1 Å². The minimum absolute atomic E-state index is 0.0158. The Balaban J connectivity index is 1.20. The molecule has 1 aromatic heterocycles. The first kappa shape index (κ1) is 22.6. The lowest BCUT2D eigenvalue weighted by Gasteiger charge is -2.30. The van der Waals surface area contributed by atoms with Gasteiger partial charge in [0.15, 0.2) is 0 Å². The third-order valence-electron chi connectivity index (χ3n) is 5.64. The summed E-state index contributed by atoms with van der Waals surface area (Å²) in [5.74, 6) is 3.27. The summed E-state index contributed by atoms with van der Waals surface area (Å²) in [4.78, 5) is 19.5. The Kier molecular flexibility index (Phi) is 7.96. The van der Waals surface area contributed by atoms with Gasteiger partial charge in [-0.25, -0.2) is 0 Å². The van der Waals surface area contributed by atoms with Crippen molar-refractivity contribution >= 4 is 17.7 Å². The van der Waals surface area contributed by atoms with E-state index in [4.69, 9.17) is 4.52 Å². The van der Waals surface area contributed by atoms with Crippen LogP contribution in [0.5, 0.6) is 0 Å². The van der Waals surface area contributed by atoms with E-state index in [1.165, 1.54) is 5.56 Å². The van der Waals surface area contributed by atoms with Crippen molar-refractivity contribution < 1.29 is 9.32 Å². The van der Waals surface area contributed by atoms with Crippen LogP contribution in [0.4, 0.5) is 0 Å². The van der Waals surface area contributed by atoms with Gasteiger partial charge in [-0.3, -0.25) is 9.69 Å². The monoisotopic (exact) mass is 450 g/mol. The number of aromatic nitrogens is 2. The van der Waals surface area contributed by atoms with Crippen molar-refractivity contribution in [1.29, 1.82) is 0 Å². The molecule has 1 aliphatic heterocycles. The molecule has 6 nitrogen and oxygen atoms in total. The van der Waals surface area contributed by atoms with E-state index in [1.54, 1.807) is 0 Å². The van der Waals surface area contributed by atoms with Crippen molar-refractivity contribution in [2.75, 3.05) is 25.4 Å². The van der Waals surface area contributed by atoms with Gasteiger partial charge in [0.1, 0.15) is 0 Å². The standard InChI is InChI=1S/C25H30N4O2S/c1-19-7-5-10-21(15-19)24-27-23(31-28-24)17-29-13-6-11-22(16-29)25(30)26-12-14-32-18-20-8-3-2-4-9-20/h2-5,7-10,15,22H,6,11-14,16-18H2,1H3,(H,26,30). The van der Waals surface area contributed by atoms with Crippen molar-refractivity contribution in [2.24, 2.45) is 5.92 Å². The minimum atomic E-state index is 0.0158. The van der Waals surface area contributed by atoms with Crippen LogP contribution in [0.2, 0.25) is 0 Å². The smallest absolute Gasteiger partial charge is 0.241 e. The first-order chi connectivity index (χ1) is 15.7. The number of nitrogens with one attached hydrogen (secondary N) is 1. The largest absolute Gasteiger partial charge is 0.355 e. The third-order valence-corrected chi connectivity index (χ3v) is 6.67. The molecule has 1 N–H and O–H groups in total. The molecule has 0 saturated carbocycles. The van der Waals surface area contributed by atoms with Crippen molar-refractivity contribution in [3.63, 3.8) is 0 Å². The Morgan fingerprint density at radius 3 is 2.94 bits per heavy atom. The number of carbonyl (C=O) groups excluding carboxylic acids is 1. The molecule has 2 aromatic carbocycles. The molecule has 0 radical (unpaired) electrons. The van der Waals surface area contributed by atoms with Crippen LogP contribution < -0.4 is 5.32 Å². The summed E-state index contributed by atoms with van der Waals surface area (Å²) in [6, 6.07) is 18.5. The zero-order valence-corrected chi connectivity index (χ0v) is 19.3. The molecule has 1 atom stereocenters. The quantitative estimate of drug-likeness (QED) is 0.490. The lowest BCUT2D eigenvalue weighted by atomic mass is 9.97. The van der Waals surface area contributed by atoms with E-state index in [9.17, 15) is 4.79 Å². The van der Waals surface area contributed by atoms with Gasteiger partial charge in [0.25, 0.3) is 0 Å². The summed E-state index contributed by atoms with van der Waals surface area (Å²) in [5, 5.41) is 7.25. The van der Waals surface area contributed by atoms with Gasteiger partial charge in [-0.1, -0.05) is 59.3 Å². The van der Waals surface area contributed by atoms with E-state index >= 15 is 0 Å². The van der Waals surface area contributed by atoms with Crippen LogP contribution in [0, 0.1) is 12.8 Å². The number of hydrogen-bond donors (Lipinski definition) is 1. The average molecular weight is 451 g/mol. The van der Waals surface area contributed by atoms with E-state index in [2.05, 4.69) is 44.6 Å². The second kappa shape index (κ2) is 11.3. The number of likely N-dealkylation sites (tertiary alicyclic amines) is 1. The Labute approximate surface area is 193 Å². The van der Waals surface area contributed by atoms with Gasteiger partial charge in [0, 0.05) is 30.2 Å². The fourth-order valence-electron chi connectivity index (χ4n) is 3.98. The molecule has 3 aromatic rings. The molecule has 32 heavy (non-hydrogen) atoms. The van der Waals surface area contributed by atoms with Crippen molar-refractivity contribution in [2.45, 2.75) is 32.1 Å². The lowest BCUT2D eigenvalue weighted by molar-refractivity contribution is -0.126. The number of carbonyl (C=O) groups is 1. The highest BCUT2D eigenvalue weighted by atomic mass is 32.2. The fourth-order valence-corrected chi connectivity index (χ4v) is 4.80. The van der Waals surface area contributed by atoms with E-state index in [-0.39, 0.29) is 11.8 Å². The summed E-state index contributed by atoms with van der Waals surface area (Å²) in [6.45, 7) is 5.00. The van der Waals surface area contributed by atoms with Gasteiger partial charge in [0.05, 0.1) is 12.5 Å². The molecule has 7 heteroatoms. The van der Waals surface area contributed by atoms with Crippen LogP contribution in [0.25, 0.3) is 11.4 Å². The van der Waals surface area contributed by atoms with Gasteiger partial charge in [-0.15, -0.1) is 0 Å². The van der Waals surface area contributed by atoms with E-state index < -0.39 is 0 Å². The summed E-state index contributed by atoms with van der Waals surface area (Å²) in [7, 11) is 0. The van der Waals surface area contributed by atoms with Gasteiger partial charge in [0.2, 0.25) is 17.6 Å². The minimum Gasteiger partial charge on any atom is -0.355 e. The van der Waals surface area contributed by atoms with Crippen LogP contribution in [0.3, 0.4) is 0 Å². The Hall–Kier alpha value is -2.64. The number of thioether (sulfide) groups is 1. The number of benzene rings is 2. The number of nitrogens with zero attached hydrogens (tertiary/aromatic N) is 3. The fraction of sp³-hybridized carbons (Fsp3) is 0.400. The molecular weight excluding hydrogens is 420 g/mol. The van der Waals surface area contributed by atoms with Crippen molar-refractivity contribution in [3.8, 4) is 11.4 Å². The molecule has 1 aliphatic rings. The Bertz CT molecular complexity index is 1010. The summed E-state index contributed by atoms with van der Waals surface area (Å²) < 4.78 is 5.48. The highest BCUT2D eigenvalue weighted by molar-refractivity contribution is 7.98. The first-order valence-electron chi connectivity index (χ1n) is 11.2. The molecule has 168 valence electrons. The van der Waals surface area contributed by atoms with Gasteiger partial charge in [-0.05, 0) is 37.9 Å². The third kappa shape index (κ3) is 6.43. The second-order valence-corrected chi connectivity index (χ2v) is 9.39. The molecule has 2 heterocycles. The molecule has 1 amide bonds. The number of hydrogen-bond acceptors (Lipinski definition) is 6. The molecule has 0 bridgehead atoms. The summed E-state index contributed by atoms with van der Waals surface area (Å²) >= 11 is 1.85. The van der Waals surface area contributed by atoms with Crippen LogP contribution >= 0.6 is 11.8 Å². The Morgan fingerprint density at radius 2 is 2.09 bits per heavy atom. The zero-order chi connectivity index (χ0) is 22.2. The molecule has 4 rings (SSSR count). The molecular formula is C25H30N4O2S. The lowest BCUT2D eigenvalue weighted by Crippen LogP contribution is -2.43. The number of piperidine rings is 1. The predicted molar refractivity (Wildman–Crippen MR) is 128 cm³/mol. The van der Waals surface area contributed by atoms with Crippen LogP contribution in [0.15, 0.2) is 59.1 Å². The van der Waals surface area contributed by atoms with Gasteiger partial charge >= 0.3 is 0 Å². The molecule has 0 aliphatic carbocycles. The number of rotatable bonds is 9. The topological polar surface area (TPSA) is 71.3 Å². The number of amides is 1. The molecule has 1 saturated heterocycles. The summed E-state index contributed by atoms with van der Waals surface area (Å²) in [6.07, 6.45) is 1.93. The normalized spacial score (nSPS) is 16.7. The van der Waals surface area contributed by atoms with Gasteiger partial charge in [-0.2, -0.15) is 16.7 Å². The SMILES string of the molecule is Cc1cccc(-c2noc(CN3CCCC(C(=O)NCCSCc4ccccc4)C3)n2)c1.